The van der Waals surface area contributed by atoms with Crippen molar-refractivity contribution in [3.8, 4) is 0 Å². The number of nitrogens with zero attached hydrogens (tertiary/aromatic N) is 1. The zero-order valence-electron chi connectivity index (χ0n) is 11.9. The molecule has 3 rings (SSSR count). The zero-order valence-corrected chi connectivity index (χ0v) is 12.7. The van der Waals surface area contributed by atoms with E-state index in [9.17, 15) is 8.42 Å². The SMILES string of the molecule is CN1c2ccccc2Cc2ccccc21.COS(=O)(=O)O. The van der Waals surface area contributed by atoms with Gasteiger partial charge < -0.3 is 4.90 Å². The molecule has 0 spiro atoms. The molecule has 1 N–H and O–H groups in total. The van der Waals surface area contributed by atoms with Gasteiger partial charge in [-0.05, 0) is 23.3 Å². The molecule has 2 aromatic rings. The first-order valence-electron chi connectivity index (χ1n) is 6.35. The van der Waals surface area contributed by atoms with Gasteiger partial charge in [-0.15, -0.1) is 0 Å². The molecule has 112 valence electrons. The number of hydrogen-bond acceptors (Lipinski definition) is 4. The van der Waals surface area contributed by atoms with Crippen molar-refractivity contribution in [3.63, 3.8) is 0 Å². The van der Waals surface area contributed by atoms with E-state index in [2.05, 4.69) is 64.7 Å². The van der Waals surface area contributed by atoms with E-state index in [0.29, 0.717) is 0 Å². The van der Waals surface area contributed by atoms with Crippen molar-refractivity contribution in [2.75, 3.05) is 19.1 Å². The molecule has 1 aliphatic rings. The molecule has 1 heterocycles. The Kier molecular flexibility index (Phi) is 4.62. The van der Waals surface area contributed by atoms with E-state index in [0.717, 1.165) is 13.5 Å². The first-order chi connectivity index (χ1) is 9.92. The summed E-state index contributed by atoms with van der Waals surface area (Å²) in [4.78, 5) is 2.27. The molecule has 2 aromatic carbocycles. The summed E-state index contributed by atoms with van der Waals surface area (Å²) in [5.41, 5.74) is 5.49. The van der Waals surface area contributed by atoms with Gasteiger partial charge in [-0.2, -0.15) is 8.42 Å². The molecule has 6 heteroatoms. The molecule has 5 nitrogen and oxygen atoms in total. The van der Waals surface area contributed by atoms with Crippen LogP contribution in [-0.4, -0.2) is 27.1 Å². The van der Waals surface area contributed by atoms with Crippen LogP contribution >= 0.6 is 0 Å². The standard InChI is InChI=1S/C14H13N.CH4O4S/c1-15-13-8-4-2-6-11(13)10-12-7-3-5-9-14(12)15;1-5-6(2,3)4/h2-9H,10H2,1H3;1H3,(H,2,3,4). The minimum absolute atomic E-state index is 0.870. The highest BCUT2D eigenvalue weighted by molar-refractivity contribution is 7.80. The highest BCUT2D eigenvalue weighted by Crippen LogP contribution is 2.36. The Morgan fingerprint density at radius 3 is 1.76 bits per heavy atom. The summed E-state index contributed by atoms with van der Waals surface area (Å²) < 4.78 is 29.7. The van der Waals surface area contributed by atoms with E-state index in [1.54, 1.807) is 0 Å². The fourth-order valence-corrected chi connectivity index (χ4v) is 2.31. The lowest BCUT2D eigenvalue weighted by molar-refractivity contribution is 0.324. The third kappa shape index (κ3) is 3.81. The molecule has 0 aliphatic carbocycles. The third-order valence-corrected chi connectivity index (χ3v) is 3.72. The summed E-state index contributed by atoms with van der Waals surface area (Å²) in [7, 11) is -1.16. The normalized spacial score (nSPS) is 12.8. The maximum atomic E-state index is 9.33. The molecule has 0 saturated heterocycles. The predicted octanol–water partition coefficient (Wildman–Crippen LogP) is 2.79. The summed E-state index contributed by atoms with van der Waals surface area (Å²) in [6.07, 6.45) is 1.05. The summed E-state index contributed by atoms with van der Waals surface area (Å²) >= 11 is 0. The zero-order chi connectivity index (χ0) is 15.5. The average Bonchev–Trinajstić information content (AvgIpc) is 2.48. The van der Waals surface area contributed by atoms with Gasteiger partial charge in [-0.25, -0.2) is 0 Å². The van der Waals surface area contributed by atoms with Crippen LogP contribution in [0.25, 0.3) is 0 Å². The Hall–Kier alpha value is -1.89. The molecule has 0 bridgehead atoms. The van der Waals surface area contributed by atoms with Crippen LogP contribution in [0.15, 0.2) is 48.5 Å². The molecule has 0 atom stereocenters. The van der Waals surface area contributed by atoms with Crippen LogP contribution in [0.5, 0.6) is 0 Å². The first-order valence-corrected chi connectivity index (χ1v) is 7.71. The Morgan fingerprint density at radius 1 is 1.00 bits per heavy atom. The molecule has 0 radical (unpaired) electrons. The maximum Gasteiger partial charge on any atom is 0.397 e. The van der Waals surface area contributed by atoms with Gasteiger partial charge in [0, 0.05) is 24.8 Å². The van der Waals surface area contributed by atoms with Crippen molar-refractivity contribution in [1.29, 1.82) is 0 Å². The van der Waals surface area contributed by atoms with E-state index in [1.807, 2.05) is 0 Å². The van der Waals surface area contributed by atoms with Crippen LogP contribution in [0.4, 0.5) is 11.4 Å². The minimum atomic E-state index is -4.16. The van der Waals surface area contributed by atoms with Crippen molar-refractivity contribution >= 4 is 21.8 Å². The van der Waals surface area contributed by atoms with Crippen molar-refractivity contribution < 1.29 is 17.2 Å². The van der Waals surface area contributed by atoms with Crippen molar-refractivity contribution in [1.82, 2.24) is 0 Å². The molecule has 0 aromatic heterocycles. The number of rotatable bonds is 1. The van der Waals surface area contributed by atoms with Gasteiger partial charge in [-0.1, -0.05) is 36.4 Å². The second kappa shape index (κ2) is 6.26. The molecule has 0 unspecified atom stereocenters. The second-order valence-corrected chi connectivity index (χ2v) is 5.78. The average molecular weight is 307 g/mol. The maximum absolute atomic E-state index is 9.33. The van der Waals surface area contributed by atoms with Gasteiger partial charge in [0.2, 0.25) is 0 Å². The topological polar surface area (TPSA) is 66.8 Å². The number of fused-ring (bicyclic) bond motifs is 2. The highest BCUT2D eigenvalue weighted by atomic mass is 32.3. The number of para-hydroxylation sites is 2. The quantitative estimate of drug-likeness (QED) is 0.821. The van der Waals surface area contributed by atoms with Crippen molar-refractivity contribution in [2.24, 2.45) is 0 Å². The molecular formula is C15H17NO4S. The van der Waals surface area contributed by atoms with E-state index >= 15 is 0 Å². The molecule has 1 aliphatic heterocycles. The van der Waals surface area contributed by atoms with Crippen LogP contribution in [-0.2, 0) is 21.0 Å². The summed E-state index contributed by atoms with van der Waals surface area (Å²) in [6, 6.07) is 17.2. The first kappa shape index (κ1) is 15.5. The van der Waals surface area contributed by atoms with Gasteiger partial charge in [0.25, 0.3) is 0 Å². The molecule has 0 saturated carbocycles. The Bertz CT molecular complexity index is 682. The van der Waals surface area contributed by atoms with Crippen LogP contribution in [0.3, 0.4) is 0 Å². The summed E-state index contributed by atoms with van der Waals surface area (Å²) in [6.45, 7) is 0. The van der Waals surface area contributed by atoms with Crippen LogP contribution in [0, 0.1) is 0 Å². The van der Waals surface area contributed by atoms with Gasteiger partial charge in [0.15, 0.2) is 0 Å². The largest absolute Gasteiger partial charge is 0.397 e. The second-order valence-electron chi connectivity index (χ2n) is 4.59. The van der Waals surface area contributed by atoms with E-state index < -0.39 is 10.4 Å². The Balaban J connectivity index is 0.000000232. The smallest absolute Gasteiger partial charge is 0.344 e. The molecule has 0 fully saturated rings. The number of anilines is 2. The van der Waals surface area contributed by atoms with Crippen LogP contribution in [0.1, 0.15) is 11.1 Å². The predicted molar refractivity (Wildman–Crippen MR) is 82.3 cm³/mol. The van der Waals surface area contributed by atoms with Gasteiger partial charge in [0.05, 0.1) is 7.11 Å². The van der Waals surface area contributed by atoms with E-state index in [-0.39, 0.29) is 0 Å². The Labute approximate surface area is 124 Å². The van der Waals surface area contributed by atoms with Crippen molar-refractivity contribution in [2.45, 2.75) is 6.42 Å². The monoisotopic (exact) mass is 307 g/mol. The minimum Gasteiger partial charge on any atom is -0.344 e. The van der Waals surface area contributed by atoms with E-state index in [4.69, 9.17) is 4.55 Å². The lowest BCUT2D eigenvalue weighted by Gasteiger charge is -2.29. The summed E-state index contributed by atoms with van der Waals surface area (Å²) in [5.74, 6) is 0. The van der Waals surface area contributed by atoms with Crippen LogP contribution in [0.2, 0.25) is 0 Å². The fourth-order valence-electron chi connectivity index (χ4n) is 2.31. The lowest BCUT2D eigenvalue weighted by Crippen LogP contribution is -2.18. The van der Waals surface area contributed by atoms with Crippen molar-refractivity contribution in [3.05, 3.63) is 59.7 Å². The number of hydrogen-bond donors (Lipinski definition) is 1. The lowest BCUT2D eigenvalue weighted by atomic mass is 9.96. The van der Waals surface area contributed by atoms with Crippen LogP contribution < -0.4 is 4.90 Å². The van der Waals surface area contributed by atoms with Gasteiger partial charge >= 0.3 is 10.4 Å². The van der Waals surface area contributed by atoms with E-state index in [1.165, 1.54) is 22.5 Å². The molecule has 0 amide bonds. The van der Waals surface area contributed by atoms with Gasteiger partial charge in [-0.3, -0.25) is 8.74 Å². The third-order valence-electron chi connectivity index (χ3n) is 3.30. The Morgan fingerprint density at radius 2 is 1.38 bits per heavy atom. The fraction of sp³-hybridized carbons (Fsp3) is 0.200. The highest BCUT2D eigenvalue weighted by Gasteiger charge is 2.17. The summed E-state index contributed by atoms with van der Waals surface area (Å²) in [5, 5.41) is 0. The number of benzene rings is 2. The molecular weight excluding hydrogens is 290 g/mol. The molecule has 21 heavy (non-hydrogen) atoms. The van der Waals surface area contributed by atoms with Gasteiger partial charge in [0.1, 0.15) is 0 Å².